The van der Waals surface area contributed by atoms with Gasteiger partial charge in [-0.05, 0) is 37.9 Å². The van der Waals surface area contributed by atoms with Crippen molar-refractivity contribution in [3.63, 3.8) is 0 Å². The van der Waals surface area contributed by atoms with E-state index in [2.05, 4.69) is 63.2 Å². The van der Waals surface area contributed by atoms with Gasteiger partial charge in [-0.2, -0.15) is 0 Å². The van der Waals surface area contributed by atoms with Crippen LogP contribution in [-0.4, -0.2) is 38.8 Å². The zero-order valence-corrected chi connectivity index (χ0v) is 12.2. The van der Waals surface area contributed by atoms with Gasteiger partial charge in [0.25, 0.3) is 0 Å². The highest BCUT2D eigenvalue weighted by Gasteiger charge is 2.14. The van der Waals surface area contributed by atoms with Crippen LogP contribution in [0.4, 0.5) is 0 Å². The number of hydrogen-bond acceptors (Lipinski definition) is 2. The molecule has 1 aromatic carbocycles. The van der Waals surface area contributed by atoms with Gasteiger partial charge >= 0.3 is 0 Å². The monoisotopic (exact) mass is 249 g/mol. The molecular formula is C16H27NO. The fraction of sp³-hybridized carbons (Fsp3) is 0.625. The molecule has 1 unspecified atom stereocenters. The van der Waals surface area contributed by atoms with E-state index in [1.165, 1.54) is 5.56 Å². The first-order chi connectivity index (χ1) is 8.59. The summed E-state index contributed by atoms with van der Waals surface area (Å²) < 4.78 is 5.80. The van der Waals surface area contributed by atoms with Gasteiger partial charge in [0.15, 0.2) is 0 Å². The minimum absolute atomic E-state index is 0.606. The Morgan fingerprint density at radius 1 is 1.11 bits per heavy atom. The van der Waals surface area contributed by atoms with Crippen LogP contribution in [-0.2, 0) is 11.2 Å². The summed E-state index contributed by atoms with van der Waals surface area (Å²) in [4.78, 5) is 2.15. The van der Waals surface area contributed by atoms with Crippen molar-refractivity contribution < 1.29 is 4.74 Å². The second-order valence-electron chi connectivity index (χ2n) is 5.57. The summed E-state index contributed by atoms with van der Waals surface area (Å²) in [6, 6.07) is 10.7. The van der Waals surface area contributed by atoms with E-state index in [1.807, 2.05) is 0 Å². The number of rotatable bonds is 8. The van der Waals surface area contributed by atoms with Crippen molar-refractivity contribution in [1.29, 1.82) is 0 Å². The minimum Gasteiger partial charge on any atom is -0.380 e. The largest absolute Gasteiger partial charge is 0.380 e. The van der Waals surface area contributed by atoms with E-state index in [0.29, 0.717) is 11.8 Å². The summed E-state index contributed by atoms with van der Waals surface area (Å²) in [5, 5.41) is 0. The van der Waals surface area contributed by atoms with Gasteiger partial charge in [0.05, 0.1) is 13.2 Å². The van der Waals surface area contributed by atoms with Crippen molar-refractivity contribution in [1.82, 2.24) is 4.90 Å². The minimum atomic E-state index is 0.606. The smallest absolute Gasteiger partial charge is 0.0593 e. The summed E-state index contributed by atoms with van der Waals surface area (Å²) in [5.41, 5.74) is 1.41. The van der Waals surface area contributed by atoms with Gasteiger partial charge in [-0.15, -0.1) is 0 Å². The predicted molar refractivity (Wildman–Crippen MR) is 77.8 cm³/mol. The molecule has 0 saturated carbocycles. The standard InChI is InChI=1S/C16H27NO/c1-14(2)16(13-18-11-10-17(3)4)12-15-8-6-5-7-9-15/h5-9,14,16H,10-13H2,1-4H3. The van der Waals surface area contributed by atoms with Crippen LogP contribution in [0, 0.1) is 11.8 Å². The first-order valence-electron chi connectivity index (χ1n) is 6.86. The van der Waals surface area contributed by atoms with E-state index in [4.69, 9.17) is 4.74 Å². The van der Waals surface area contributed by atoms with Crippen LogP contribution in [0.25, 0.3) is 0 Å². The molecule has 1 aromatic rings. The number of ether oxygens (including phenoxy) is 1. The highest BCUT2D eigenvalue weighted by Crippen LogP contribution is 2.17. The molecule has 0 aliphatic heterocycles. The molecule has 102 valence electrons. The number of hydrogen-bond donors (Lipinski definition) is 0. The van der Waals surface area contributed by atoms with Crippen LogP contribution >= 0.6 is 0 Å². The maximum Gasteiger partial charge on any atom is 0.0593 e. The molecule has 0 spiro atoms. The number of nitrogens with zero attached hydrogens (tertiary/aromatic N) is 1. The van der Waals surface area contributed by atoms with Gasteiger partial charge in [0, 0.05) is 6.54 Å². The molecule has 0 amide bonds. The van der Waals surface area contributed by atoms with Crippen molar-refractivity contribution in [3.8, 4) is 0 Å². The number of likely N-dealkylation sites (N-methyl/N-ethyl adjacent to an activating group) is 1. The molecule has 1 rings (SSSR count). The maximum atomic E-state index is 5.80. The van der Waals surface area contributed by atoms with Crippen molar-refractivity contribution in [2.75, 3.05) is 33.9 Å². The third-order valence-electron chi connectivity index (χ3n) is 3.30. The summed E-state index contributed by atoms with van der Waals surface area (Å²) in [5.74, 6) is 1.26. The maximum absolute atomic E-state index is 5.80. The highest BCUT2D eigenvalue weighted by atomic mass is 16.5. The third-order valence-corrected chi connectivity index (χ3v) is 3.30. The van der Waals surface area contributed by atoms with Crippen LogP contribution in [0.15, 0.2) is 30.3 Å². The lowest BCUT2D eigenvalue weighted by Gasteiger charge is -2.21. The summed E-state index contributed by atoms with van der Waals surface area (Å²) in [6.07, 6.45) is 1.11. The van der Waals surface area contributed by atoms with E-state index in [-0.39, 0.29) is 0 Å². The summed E-state index contributed by atoms with van der Waals surface area (Å²) in [7, 11) is 4.15. The van der Waals surface area contributed by atoms with E-state index in [0.717, 1.165) is 26.2 Å². The number of benzene rings is 1. The Balaban J connectivity index is 2.36. The molecule has 0 radical (unpaired) electrons. The highest BCUT2D eigenvalue weighted by molar-refractivity contribution is 5.15. The summed E-state index contributed by atoms with van der Waals surface area (Å²) >= 11 is 0. The quantitative estimate of drug-likeness (QED) is 0.657. The molecule has 0 aliphatic carbocycles. The van der Waals surface area contributed by atoms with Gasteiger partial charge in [-0.25, -0.2) is 0 Å². The van der Waals surface area contributed by atoms with Crippen molar-refractivity contribution in [2.24, 2.45) is 11.8 Å². The van der Waals surface area contributed by atoms with E-state index in [1.54, 1.807) is 0 Å². The Kier molecular flexibility index (Phi) is 6.99. The topological polar surface area (TPSA) is 12.5 Å². The van der Waals surface area contributed by atoms with Crippen molar-refractivity contribution >= 4 is 0 Å². The second kappa shape index (κ2) is 8.28. The lowest BCUT2D eigenvalue weighted by molar-refractivity contribution is 0.0729. The zero-order chi connectivity index (χ0) is 13.4. The zero-order valence-electron chi connectivity index (χ0n) is 12.2. The van der Waals surface area contributed by atoms with Gasteiger partial charge in [0.1, 0.15) is 0 Å². The van der Waals surface area contributed by atoms with Crippen molar-refractivity contribution in [2.45, 2.75) is 20.3 Å². The van der Waals surface area contributed by atoms with Crippen LogP contribution in [0.3, 0.4) is 0 Å². The molecule has 0 fully saturated rings. The molecule has 18 heavy (non-hydrogen) atoms. The van der Waals surface area contributed by atoms with E-state index < -0.39 is 0 Å². The van der Waals surface area contributed by atoms with Crippen LogP contribution in [0.1, 0.15) is 19.4 Å². The SMILES string of the molecule is CC(C)C(COCCN(C)C)Cc1ccccc1. The van der Waals surface area contributed by atoms with Gasteiger partial charge in [-0.3, -0.25) is 0 Å². The molecule has 0 bridgehead atoms. The van der Waals surface area contributed by atoms with Crippen LogP contribution in [0.2, 0.25) is 0 Å². The fourth-order valence-electron chi connectivity index (χ4n) is 1.89. The lowest BCUT2D eigenvalue weighted by atomic mass is 9.90. The summed E-state index contributed by atoms with van der Waals surface area (Å²) in [6.45, 7) is 7.24. The van der Waals surface area contributed by atoms with Gasteiger partial charge < -0.3 is 9.64 Å². The lowest BCUT2D eigenvalue weighted by Crippen LogP contribution is -2.23. The first kappa shape index (κ1) is 15.2. The second-order valence-corrected chi connectivity index (χ2v) is 5.57. The Morgan fingerprint density at radius 2 is 1.78 bits per heavy atom. The molecule has 2 heteroatoms. The molecule has 0 aliphatic rings. The van der Waals surface area contributed by atoms with E-state index >= 15 is 0 Å². The molecule has 1 atom stereocenters. The molecule has 2 nitrogen and oxygen atoms in total. The van der Waals surface area contributed by atoms with E-state index in [9.17, 15) is 0 Å². The molecule has 0 saturated heterocycles. The van der Waals surface area contributed by atoms with Gasteiger partial charge in [0.2, 0.25) is 0 Å². The van der Waals surface area contributed by atoms with Crippen molar-refractivity contribution in [3.05, 3.63) is 35.9 Å². The fourth-order valence-corrected chi connectivity index (χ4v) is 1.89. The average Bonchev–Trinajstić information content (AvgIpc) is 2.33. The molecular weight excluding hydrogens is 222 g/mol. The van der Waals surface area contributed by atoms with Crippen LogP contribution in [0.5, 0.6) is 0 Å². The molecule has 0 heterocycles. The Bertz CT molecular complexity index is 308. The molecule has 0 N–H and O–H groups in total. The van der Waals surface area contributed by atoms with Crippen LogP contribution < -0.4 is 0 Å². The Morgan fingerprint density at radius 3 is 2.33 bits per heavy atom. The predicted octanol–water partition coefficient (Wildman–Crippen LogP) is 3.08. The first-order valence-corrected chi connectivity index (χ1v) is 6.86. The average molecular weight is 249 g/mol. The Hall–Kier alpha value is -0.860. The van der Waals surface area contributed by atoms with Gasteiger partial charge in [-0.1, -0.05) is 44.2 Å². The Labute approximate surface area is 112 Å². The third kappa shape index (κ3) is 6.18. The molecule has 0 aromatic heterocycles. The normalized spacial score (nSPS) is 13.2.